The molecule has 1 aliphatic rings. The summed E-state index contributed by atoms with van der Waals surface area (Å²) in [6.07, 6.45) is -1.26. The number of rotatable bonds is 6. The van der Waals surface area contributed by atoms with Crippen LogP contribution in [0.4, 0.5) is 13.2 Å². The summed E-state index contributed by atoms with van der Waals surface area (Å²) in [6.45, 7) is 3.25. The standard InChI is InChI=1S/C14H21F3N4OS/c1-2-3-12-19-8-10(23-12)13(22)20-9-11(14(15,16)17)21-6-4-18-5-7-21/h8,11,18H,2-7,9H2,1H3,(H,20,22). The van der Waals surface area contributed by atoms with Crippen molar-refractivity contribution in [2.24, 2.45) is 0 Å². The molecule has 0 spiro atoms. The molecule has 1 aromatic heterocycles. The normalized spacial score (nSPS) is 17.9. The highest BCUT2D eigenvalue weighted by Gasteiger charge is 2.43. The predicted octanol–water partition coefficient (Wildman–Crippen LogP) is 1.66. The number of alkyl halides is 3. The van der Waals surface area contributed by atoms with E-state index in [1.54, 1.807) is 0 Å². The molecule has 1 unspecified atom stereocenters. The smallest absolute Gasteiger partial charge is 0.349 e. The summed E-state index contributed by atoms with van der Waals surface area (Å²) in [5, 5.41) is 6.26. The van der Waals surface area contributed by atoms with Crippen LogP contribution in [0.3, 0.4) is 0 Å². The summed E-state index contributed by atoms with van der Waals surface area (Å²) in [6, 6.07) is -1.66. The Bertz CT molecular complexity index is 514. The molecule has 2 N–H and O–H groups in total. The summed E-state index contributed by atoms with van der Waals surface area (Å²) in [5.74, 6) is -0.491. The number of amides is 1. The zero-order chi connectivity index (χ0) is 16.9. The number of thiazole rings is 1. The lowest BCUT2D eigenvalue weighted by atomic mass is 10.2. The highest BCUT2D eigenvalue weighted by atomic mass is 32.1. The SMILES string of the molecule is CCCc1ncc(C(=O)NCC(N2CCNCC2)C(F)(F)F)s1. The Labute approximate surface area is 137 Å². The van der Waals surface area contributed by atoms with Crippen LogP contribution in [0.25, 0.3) is 0 Å². The largest absolute Gasteiger partial charge is 0.405 e. The average Bonchev–Trinajstić information content (AvgIpc) is 2.96. The Balaban J connectivity index is 1.95. The van der Waals surface area contributed by atoms with Gasteiger partial charge in [0, 0.05) is 32.7 Å². The summed E-state index contributed by atoms with van der Waals surface area (Å²) < 4.78 is 39.7. The lowest BCUT2D eigenvalue weighted by molar-refractivity contribution is -0.183. The van der Waals surface area contributed by atoms with Gasteiger partial charge in [-0.05, 0) is 12.8 Å². The van der Waals surface area contributed by atoms with Crippen molar-refractivity contribution in [3.05, 3.63) is 16.1 Å². The fourth-order valence-electron chi connectivity index (χ4n) is 2.47. The minimum atomic E-state index is -4.37. The van der Waals surface area contributed by atoms with Gasteiger partial charge in [-0.1, -0.05) is 6.92 Å². The number of hydrogen-bond donors (Lipinski definition) is 2. The summed E-state index contributed by atoms with van der Waals surface area (Å²) in [5.41, 5.74) is 0. The molecule has 23 heavy (non-hydrogen) atoms. The molecule has 5 nitrogen and oxygen atoms in total. The van der Waals surface area contributed by atoms with Crippen molar-refractivity contribution < 1.29 is 18.0 Å². The fraction of sp³-hybridized carbons (Fsp3) is 0.714. The van der Waals surface area contributed by atoms with Crippen molar-refractivity contribution in [3.63, 3.8) is 0 Å². The van der Waals surface area contributed by atoms with Crippen LogP contribution in [-0.2, 0) is 6.42 Å². The maximum absolute atomic E-state index is 13.2. The predicted molar refractivity (Wildman–Crippen MR) is 82.7 cm³/mol. The molecule has 0 radical (unpaired) electrons. The molecule has 1 aliphatic heterocycles. The van der Waals surface area contributed by atoms with Crippen molar-refractivity contribution >= 4 is 17.2 Å². The Hall–Kier alpha value is -1.19. The maximum Gasteiger partial charge on any atom is 0.405 e. The summed E-state index contributed by atoms with van der Waals surface area (Å²) in [4.78, 5) is 17.9. The van der Waals surface area contributed by atoms with Crippen LogP contribution in [0.1, 0.15) is 28.0 Å². The Morgan fingerprint density at radius 1 is 1.48 bits per heavy atom. The second kappa shape index (κ2) is 8.07. The van der Waals surface area contributed by atoms with Gasteiger partial charge in [-0.2, -0.15) is 13.2 Å². The number of nitrogens with zero attached hydrogens (tertiary/aromatic N) is 2. The van der Waals surface area contributed by atoms with Crippen LogP contribution in [0.5, 0.6) is 0 Å². The monoisotopic (exact) mass is 350 g/mol. The van der Waals surface area contributed by atoms with E-state index in [9.17, 15) is 18.0 Å². The van der Waals surface area contributed by atoms with E-state index in [0.717, 1.165) is 17.8 Å². The van der Waals surface area contributed by atoms with Gasteiger partial charge in [0.2, 0.25) is 0 Å². The van der Waals surface area contributed by atoms with Gasteiger partial charge in [0.05, 0.1) is 11.2 Å². The van der Waals surface area contributed by atoms with Gasteiger partial charge in [-0.25, -0.2) is 4.98 Å². The molecule has 0 bridgehead atoms. The van der Waals surface area contributed by atoms with Crippen LogP contribution in [0.15, 0.2) is 6.20 Å². The molecule has 0 aromatic carbocycles. The topological polar surface area (TPSA) is 57.3 Å². The second-order valence-corrected chi connectivity index (χ2v) is 6.54. The van der Waals surface area contributed by atoms with Crippen LogP contribution in [-0.4, -0.2) is 60.7 Å². The van der Waals surface area contributed by atoms with E-state index < -0.39 is 24.7 Å². The summed E-state index contributed by atoms with van der Waals surface area (Å²) in [7, 11) is 0. The van der Waals surface area contributed by atoms with Gasteiger partial charge in [0.1, 0.15) is 10.9 Å². The van der Waals surface area contributed by atoms with E-state index in [-0.39, 0.29) is 0 Å². The molecule has 1 amide bonds. The van der Waals surface area contributed by atoms with Crippen molar-refractivity contribution in [2.45, 2.75) is 32.0 Å². The number of carbonyl (C=O) groups is 1. The first-order valence-electron chi connectivity index (χ1n) is 7.66. The molecule has 1 atom stereocenters. The molecule has 1 saturated heterocycles. The van der Waals surface area contributed by atoms with Crippen LogP contribution in [0.2, 0.25) is 0 Å². The van der Waals surface area contributed by atoms with E-state index in [2.05, 4.69) is 15.6 Å². The summed E-state index contributed by atoms with van der Waals surface area (Å²) >= 11 is 1.23. The fourth-order valence-corrected chi connectivity index (χ4v) is 3.40. The first kappa shape index (κ1) is 18.2. The van der Waals surface area contributed by atoms with Crippen LogP contribution >= 0.6 is 11.3 Å². The van der Waals surface area contributed by atoms with Gasteiger partial charge < -0.3 is 10.6 Å². The number of nitrogens with one attached hydrogen (secondary N) is 2. The van der Waals surface area contributed by atoms with Crippen LogP contribution < -0.4 is 10.6 Å². The Kier molecular flexibility index (Phi) is 6.37. The molecule has 9 heteroatoms. The van der Waals surface area contributed by atoms with Crippen molar-refractivity contribution in [2.75, 3.05) is 32.7 Å². The number of aryl methyl sites for hydroxylation is 1. The molecule has 0 aliphatic carbocycles. The van der Waals surface area contributed by atoms with Crippen LogP contribution in [0, 0.1) is 0 Å². The van der Waals surface area contributed by atoms with Gasteiger partial charge in [-0.3, -0.25) is 9.69 Å². The van der Waals surface area contributed by atoms with Gasteiger partial charge in [-0.15, -0.1) is 11.3 Å². The highest BCUT2D eigenvalue weighted by molar-refractivity contribution is 7.13. The third kappa shape index (κ3) is 5.15. The zero-order valence-electron chi connectivity index (χ0n) is 12.9. The quantitative estimate of drug-likeness (QED) is 0.819. The average molecular weight is 350 g/mol. The van der Waals surface area contributed by atoms with E-state index in [1.165, 1.54) is 22.4 Å². The number of hydrogen-bond acceptors (Lipinski definition) is 5. The third-order valence-electron chi connectivity index (χ3n) is 3.67. The Morgan fingerprint density at radius 2 is 2.17 bits per heavy atom. The van der Waals surface area contributed by atoms with Gasteiger partial charge >= 0.3 is 6.18 Å². The second-order valence-electron chi connectivity index (χ2n) is 5.42. The Morgan fingerprint density at radius 3 is 2.78 bits per heavy atom. The molecule has 1 aromatic rings. The van der Waals surface area contributed by atoms with E-state index in [4.69, 9.17) is 0 Å². The number of carbonyl (C=O) groups excluding carboxylic acids is 1. The van der Waals surface area contributed by atoms with Crippen molar-refractivity contribution in [1.29, 1.82) is 0 Å². The minimum Gasteiger partial charge on any atom is -0.349 e. The van der Waals surface area contributed by atoms with Crippen molar-refractivity contribution in [3.8, 4) is 0 Å². The lowest BCUT2D eigenvalue weighted by Crippen LogP contribution is -2.57. The molecular weight excluding hydrogens is 329 g/mol. The first-order chi connectivity index (χ1) is 10.9. The number of piperazine rings is 1. The molecular formula is C14H21F3N4OS. The van der Waals surface area contributed by atoms with E-state index >= 15 is 0 Å². The lowest BCUT2D eigenvalue weighted by Gasteiger charge is -2.35. The van der Waals surface area contributed by atoms with E-state index in [1.807, 2.05) is 6.92 Å². The molecule has 130 valence electrons. The number of aromatic nitrogens is 1. The maximum atomic E-state index is 13.2. The molecule has 2 rings (SSSR count). The third-order valence-corrected chi connectivity index (χ3v) is 4.72. The number of halogens is 3. The highest BCUT2D eigenvalue weighted by Crippen LogP contribution is 2.25. The first-order valence-corrected chi connectivity index (χ1v) is 8.48. The van der Waals surface area contributed by atoms with Gasteiger partial charge in [0.25, 0.3) is 5.91 Å². The minimum absolute atomic E-state index is 0.321. The molecule has 2 heterocycles. The molecule has 1 fully saturated rings. The van der Waals surface area contributed by atoms with Crippen molar-refractivity contribution in [1.82, 2.24) is 20.5 Å². The van der Waals surface area contributed by atoms with E-state index in [0.29, 0.717) is 31.1 Å². The molecule has 0 saturated carbocycles. The zero-order valence-corrected chi connectivity index (χ0v) is 13.8. The van der Waals surface area contributed by atoms with Gasteiger partial charge in [0.15, 0.2) is 0 Å².